The molecule has 0 saturated carbocycles. The Bertz CT molecular complexity index is 413. The normalized spacial score (nSPS) is 10.0. The van der Waals surface area contributed by atoms with Crippen molar-refractivity contribution < 1.29 is 0 Å². The molecule has 0 spiro atoms. The summed E-state index contributed by atoms with van der Waals surface area (Å²) in [5.74, 6) is 0.471. The van der Waals surface area contributed by atoms with E-state index in [1.807, 2.05) is 18.2 Å². The van der Waals surface area contributed by atoms with E-state index in [-0.39, 0.29) is 0 Å². The minimum absolute atomic E-state index is 0.471. The first-order valence-corrected chi connectivity index (χ1v) is 4.31. The lowest BCUT2D eigenvalue weighted by Gasteiger charge is -2.01. The maximum atomic E-state index is 5.67. The van der Waals surface area contributed by atoms with Crippen LogP contribution in [-0.2, 0) is 6.42 Å². The van der Waals surface area contributed by atoms with Crippen LogP contribution in [0.15, 0.2) is 36.8 Å². The Morgan fingerprint density at radius 2 is 1.86 bits per heavy atom. The molecule has 0 bridgehead atoms. The predicted molar refractivity (Wildman–Crippen MR) is 53.5 cm³/mol. The van der Waals surface area contributed by atoms with Gasteiger partial charge in [-0.1, -0.05) is 6.07 Å². The first kappa shape index (κ1) is 8.62. The van der Waals surface area contributed by atoms with Crippen molar-refractivity contribution >= 4 is 5.82 Å². The zero-order valence-electron chi connectivity index (χ0n) is 7.59. The summed E-state index contributed by atoms with van der Waals surface area (Å²) in [5.41, 5.74) is 7.38. The topological polar surface area (TPSA) is 64.7 Å². The average molecular weight is 186 g/mol. The molecule has 2 N–H and O–H groups in total. The van der Waals surface area contributed by atoms with Crippen molar-refractivity contribution in [2.24, 2.45) is 0 Å². The first-order valence-electron chi connectivity index (χ1n) is 4.31. The Labute approximate surface area is 81.9 Å². The second-order valence-electron chi connectivity index (χ2n) is 2.89. The molecule has 2 heterocycles. The molecule has 0 aliphatic rings. The highest BCUT2D eigenvalue weighted by molar-refractivity contribution is 5.35. The molecule has 0 fully saturated rings. The number of hydrogen-bond donors (Lipinski definition) is 1. The van der Waals surface area contributed by atoms with E-state index in [1.165, 1.54) is 0 Å². The highest BCUT2D eigenvalue weighted by Gasteiger charge is 2.02. The number of nitrogen functional groups attached to an aromatic ring is 1. The second-order valence-corrected chi connectivity index (χ2v) is 2.89. The third kappa shape index (κ3) is 1.85. The Morgan fingerprint density at radius 1 is 1.00 bits per heavy atom. The van der Waals surface area contributed by atoms with E-state index >= 15 is 0 Å². The summed E-state index contributed by atoms with van der Waals surface area (Å²) in [5, 5.41) is 0. The molecular formula is C10H10N4. The largest absolute Gasteiger partial charge is 0.382 e. The zero-order chi connectivity index (χ0) is 9.80. The molecule has 0 saturated heterocycles. The van der Waals surface area contributed by atoms with Gasteiger partial charge in [-0.25, -0.2) is 4.98 Å². The van der Waals surface area contributed by atoms with E-state index in [1.54, 1.807) is 18.6 Å². The van der Waals surface area contributed by atoms with Gasteiger partial charge in [0.2, 0.25) is 0 Å². The van der Waals surface area contributed by atoms with Crippen LogP contribution >= 0.6 is 0 Å². The van der Waals surface area contributed by atoms with Crippen LogP contribution in [0.3, 0.4) is 0 Å². The highest BCUT2D eigenvalue weighted by atomic mass is 14.9. The van der Waals surface area contributed by atoms with Crippen molar-refractivity contribution in [1.82, 2.24) is 15.0 Å². The summed E-state index contributed by atoms with van der Waals surface area (Å²) in [4.78, 5) is 12.3. The van der Waals surface area contributed by atoms with Gasteiger partial charge in [-0.15, -0.1) is 0 Å². The van der Waals surface area contributed by atoms with Crippen molar-refractivity contribution in [2.75, 3.05) is 5.73 Å². The van der Waals surface area contributed by atoms with Gasteiger partial charge in [0, 0.05) is 30.7 Å². The smallest absolute Gasteiger partial charge is 0.145 e. The summed E-state index contributed by atoms with van der Waals surface area (Å²) in [6.07, 6.45) is 5.59. The molecule has 4 nitrogen and oxygen atoms in total. The average Bonchev–Trinajstić information content (AvgIpc) is 2.23. The van der Waals surface area contributed by atoms with Crippen molar-refractivity contribution in [3.8, 4) is 0 Å². The minimum atomic E-state index is 0.471. The molecule has 0 radical (unpaired) electrons. The van der Waals surface area contributed by atoms with Gasteiger partial charge in [-0.2, -0.15) is 0 Å². The molecule has 0 aliphatic carbocycles. The van der Waals surface area contributed by atoms with Crippen molar-refractivity contribution in [3.63, 3.8) is 0 Å². The van der Waals surface area contributed by atoms with Crippen LogP contribution in [-0.4, -0.2) is 15.0 Å². The molecule has 2 aromatic rings. The van der Waals surface area contributed by atoms with Gasteiger partial charge in [-0.05, 0) is 12.1 Å². The van der Waals surface area contributed by atoms with E-state index in [4.69, 9.17) is 5.73 Å². The maximum absolute atomic E-state index is 5.67. The van der Waals surface area contributed by atoms with Crippen molar-refractivity contribution in [2.45, 2.75) is 6.42 Å². The summed E-state index contributed by atoms with van der Waals surface area (Å²) in [7, 11) is 0. The summed E-state index contributed by atoms with van der Waals surface area (Å²) in [6, 6.07) is 5.76. The Hall–Kier alpha value is -1.97. The Kier molecular flexibility index (Phi) is 2.36. The molecule has 0 amide bonds. The number of nitrogens with zero attached hydrogens (tertiary/aromatic N) is 3. The fraction of sp³-hybridized carbons (Fsp3) is 0.100. The SMILES string of the molecule is Nc1nccnc1Cc1ccccn1. The van der Waals surface area contributed by atoms with Crippen LogP contribution in [0.5, 0.6) is 0 Å². The highest BCUT2D eigenvalue weighted by Crippen LogP contribution is 2.08. The maximum Gasteiger partial charge on any atom is 0.145 e. The van der Waals surface area contributed by atoms with Crippen molar-refractivity contribution in [3.05, 3.63) is 48.2 Å². The summed E-state index contributed by atoms with van der Waals surface area (Å²) in [6.45, 7) is 0. The van der Waals surface area contributed by atoms with Crippen LogP contribution in [0.4, 0.5) is 5.82 Å². The van der Waals surface area contributed by atoms with Crippen LogP contribution in [0, 0.1) is 0 Å². The van der Waals surface area contributed by atoms with E-state index < -0.39 is 0 Å². The summed E-state index contributed by atoms with van der Waals surface area (Å²) >= 11 is 0. The van der Waals surface area contributed by atoms with Crippen molar-refractivity contribution in [1.29, 1.82) is 0 Å². The molecule has 0 aromatic carbocycles. The lowest BCUT2D eigenvalue weighted by molar-refractivity contribution is 0.994. The number of nitrogens with two attached hydrogens (primary N) is 1. The molecule has 4 heteroatoms. The van der Waals surface area contributed by atoms with Gasteiger partial charge in [0.1, 0.15) is 5.82 Å². The number of anilines is 1. The fourth-order valence-electron chi connectivity index (χ4n) is 1.19. The van der Waals surface area contributed by atoms with Gasteiger partial charge >= 0.3 is 0 Å². The monoisotopic (exact) mass is 186 g/mol. The van der Waals surface area contributed by atoms with Crippen LogP contribution < -0.4 is 5.73 Å². The van der Waals surface area contributed by atoms with Gasteiger partial charge < -0.3 is 5.73 Å². The third-order valence-electron chi connectivity index (χ3n) is 1.88. The quantitative estimate of drug-likeness (QED) is 0.761. The molecule has 0 atom stereocenters. The molecule has 70 valence electrons. The van der Waals surface area contributed by atoms with E-state index in [0.29, 0.717) is 12.2 Å². The number of hydrogen-bond acceptors (Lipinski definition) is 4. The standard InChI is InChI=1S/C10H10N4/c11-10-9(13-5-6-14-10)7-8-3-1-2-4-12-8/h1-6H,7H2,(H2,11,14). The number of rotatable bonds is 2. The Morgan fingerprint density at radius 3 is 2.57 bits per heavy atom. The van der Waals surface area contributed by atoms with Gasteiger partial charge in [0.15, 0.2) is 0 Å². The molecular weight excluding hydrogens is 176 g/mol. The molecule has 2 rings (SSSR count). The van der Waals surface area contributed by atoms with Crippen LogP contribution in [0.1, 0.15) is 11.4 Å². The van der Waals surface area contributed by atoms with Crippen LogP contribution in [0.25, 0.3) is 0 Å². The molecule has 2 aromatic heterocycles. The first-order chi connectivity index (χ1) is 6.86. The van der Waals surface area contributed by atoms with E-state index in [0.717, 1.165) is 11.4 Å². The van der Waals surface area contributed by atoms with E-state index in [9.17, 15) is 0 Å². The van der Waals surface area contributed by atoms with Gasteiger partial charge in [-0.3, -0.25) is 9.97 Å². The minimum Gasteiger partial charge on any atom is -0.382 e. The zero-order valence-corrected chi connectivity index (χ0v) is 7.59. The second kappa shape index (κ2) is 3.83. The molecule has 0 aliphatic heterocycles. The number of pyridine rings is 1. The lowest BCUT2D eigenvalue weighted by atomic mass is 10.2. The van der Waals surface area contributed by atoms with E-state index in [2.05, 4.69) is 15.0 Å². The summed E-state index contributed by atoms with van der Waals surface area (Å²) < 4.78 is 0. The van der Waals surface area contributed by atoms with Crippen LogP contribution in [0.2, 0.25) is 0 Å². The lowest BCUT2D eigenvalue weighted by Crippen LogP contribution is -2.01. The molecule has 0 unspecified atom stereocenters. The third-order valence-corrected chi connectivity index (χ3v) is 1.88. The van der Waals surface area contributed by atoms with Gasteiger partial charge in [0.05, 0.1) is 5.69 Å². The molecule has 14 heavy (non-hydrogen) atoms. The fourth-order valence-corrected chi connectivity index (χ4v) is 1.19. The number of aromatic nitrogens is 3. The van der Waals surface area contributed by atoms with Gasteiger partial charge in [0.25, 0.3) is 0 Å². The predicted octanol–water partition coefficient (Wildman–Crippen LogP) is 1.04. The Balaban J connectivity index is 2.24.